The Morgan fingerprint density at radius 2 is 1.54 bits per heavy atom. The van der Waals surface area contributed by atoms with Gasteiger partial charge in [-0.25, -0.2) is 4.98 Å². The fourth-order valence-corrected chi connectivity index (χ4v) is 3.83. The minimum Gasteiger partial charge on any atom is -0.292 e. The predicted molar refractivity (Wildman–Crippen MR) is 108 cm³/mol. The Hall–Kier alpha value is -2.53. The zero-order chi connectivity index (χ0) is 17.6. The third-order valence-corrected chi connectivity index (χ3v) is 5.37. The fraction of sp³-hybridized carbons (Fsp3) is 0.375. The van der Waals surface area contributed by atoms with Crippen LogP contribution in [0, 0.1) is 17.8 Å². The molecule has 2 nitrogen and oxygen atoms in total. The Morgan fingerprint density at radius 1 is 0.808 bits per heavy atom. The van der Waals surface area contributed by atoms with Crippen molar-refractivity contribution >= 4 is 5.65 Å². The summed E-state index contributed by atoms with van der Waals surface area (Å²) < 4.78 is 2.13. The molecular formula is C24H26N2. The molecule has 3 aromatic rings. The summed E-state index contributed by atoms with van der Waals surface area (Å²) in [6, 6.07) is 14.7. The molecule has 2 heteroatoms. The molecule has 0 N–H and O–H groups in total. The molecule has 2 aromatic heterocycles. The predicted octanol–water partition coefficient (Wildman–Crippen LogP) is 6.10. The van der Waals surface area contributed by atoms with Gasteiger partial charge in [-0.15, -0.1) is 0 Å². The van der Waals surface area contributed by atoms with Crippen molar-refractivity contribution in [2.45, 2.75) is 51.4 Å². The van der Waals surface area contributed by atoms with E-state index < -0.39 is 0 Å². The van der Waals surface area contributed by atoms with Gasteiger partial charge in [-0.2, -0.15) is 0 Å². The number of imidazole rings is 1. The molecule has 2 heterocycles. The van der Waals surface area contributed by atoms with E-state index in [1.165, 1.54) is 62.5 Å². The Bertz CT molecular complexity index is 902. The maximum atomic E-state index is 4.53. The summed E-state index contributed by atoms with van der Waals surface area (Å²) in [5.74, 6) is 7.53. The van der Waals surface area contributed by atoms with E-state index in [4.69, 9.17) is 0 Å². The van der Waals surface area contributed by atoms with Gasteiger partial charge in [-0.1, -0.05) is 74.8 Å². The number of benzene rings is 1. The van der Waals surface area contributed by atoms with Crippen molar-refractivity contribution in [2.75, 3.05) is 0 Å². The van der Waals surface area contributed by atoms with Crippen molar-refractivity contribution in [3.63, 3.8) is 0 Å². The third kappa shape index (κ3) is 3.99. The van der Waals surface area contributed by atoms with Crippen LogP contribution in [-0.2, 0) is 0 Å². The number of hydrogen-bond donors (Lipinski definition) is 0. The Kier molecular flexibility index (Phi) is 5.36. The largest absolute Gasteiger partial charge is 0.292 e. The van der Waals surface area contributed by atoms with Gasteiger partial charge < -0.3 is 0 Å². The Labute approximate surface area is 156 Å². The lowest BCUT2D eigenvalue weighted by atomic mass is 9.97. The maximum Gasteiger partial charge on any atom is 0.137 e. The number of fused-ring (bicyclic) bond motifs is 1. The summed E-state index contributed by atoms with van der Waals surface area (Å²) in [5, 5.41) is 0. The van der Waals surface area contributed by atoms with Crippen molar-refractivity contribution in [2.24, 2.45) is 5.92 Å². The minimum absolute atomic E-state index is 0.538. The molecule has 0 spiro atoms. The molecular weight excluding hydrogens is 316 g/mol. The molecule has 1 aromatic carbocycles. The van der Waals surface area contributed by atoms with Crippen LogP contribution in [0.1, 0.15) is 57.1 Å². The van der Waals surface area contributed by atoms with Crippen molar-refractivity contribution in [1.82, 2.24) is 9.38 Å². The lowest BCUT2D eigenvalue weighted by Gasteiger charge is -2.07. The van der Waals surface area contributed by atoms with E-state index in [1.807, 2.05) is 12.3 Å². The van der Waals surface area contributed by atoms with Crippen LogP contribution in [0.4, 0.5) is 0 Å². The zero-order valence-corrected chi connectivity index (χ0v) is 15.3. The minimum atomic E-state index is 0.538. The van der Waals surface area contributed by atoms with E-state index >= 15 is 0 Å². The number of aromatic nitrogens is 2. The number of nitrogens with zero attached hydrogens (tertiary/aromatic N) is 2. The summed E-state index contributed by atoms with van der Waals surface area (Å²) in [6.45, 7) is 0. The van der Waals surface area contributed by atoms with Gasteiger partial charge in [-0.05, 0) is 42.0 Å². The van der Waals surface area contributed by atoms with Gasteiger partial charge >= 0.3 is 0 Å². The Balaban J connectivity index is 1.60. The van der Waals surface area contributed by atoms with Gasteiger partial charge in [-0.3, -0.25) is 4.40 Å². The van der Waals surface area contributed by atoms with E-state index in [0.717, 1.165) is 11.3 Å². The highest BCUT2D eigenvalue weighted by Gasteiger charge is 2.08. The second-order valence-electron chi connectivity index (χ2n) is 7.32. The van der Waals surface area contributed by atoms with Crippen LogP contribution in [0.5, 0.6) is 0 Å². The lowest BCUT2D eigenvalue weighted by molar-refractivity contribution is 0.525. The van der Waals surface area contributed by atoms with Crippen LogP contribution in [0.2, 0.25) is 0 Å². The highest BCUT2D eigenvalue weighted by molar-refractivity contribution is 5.65. The maximum absolute atomic E-state index is 4.53. The SMILES string of the molecule is C(#CC1CCCCCCCC1)c1cnc2ccc(-c3ccccc3)cn12. The molecule has 1 aliphatic rings. The lowest BCUT2D eigenvalue weighted by Crippen LogP contribution is -1.97. The first-order chi connectivity index (χ1) is 12.9. The molecule has 0 radical (unpaired) electrons. The molecule has 0 aliphatic heterocycles. The molecule has 1 fully saturated rings. The van der Waals surface area contributed by atoms with E-state index in [1.54, 1.807) is 0 Å². The first-order valence-electron chi connectivity index (χ1n) is 9.94. The molecule has 1 saturated carbocycles. The van der Waals surface area contributed by atoms with Gasteiger partial charge in [0.2, 0.25) is 0 Å². The van der Waals surface area contributed by atoms with Crippen LogP contribution < -0.4 is 0 Å². The standard InChI is InChI=1S/C24H26N2/c1-2-4-7-11-20(10-6-3-1)14-16-23-18-25-24-17-15-22(19-26(23)24)21-12-8-5-9-13-21/h5,8-9,12-13,15,17-20H,1-4,6-7,10-11H2. The summed E-state index contributed by atoms with van der Waals surface area (Å²) in [7, 11) is 0. The van der Waals surface area contributed by atoms with E-state index in [0.29, 0.717) is 5.92 Å². The second kappa shape index (κ2) is 8.23. The van der Waals surface area contributed by atoms with Crippen LogP contribution in [0.25, 0.3) is 16.8 Å². The van der Waals surface area contributed by atoms with Gasteiger partial charge in [0.15, 0.2) is 0 Å². The third-order valence-electron chi connectivity index (χ3n) is 5.37. The van der Waals surface area contributed by atoms with Crippen molar-refractivity contribution < 1.29 is 0 Å². The molecule has 1 aliphatic carbocycles. The first-order valence-corrected chi connectivity index (χ1v) is 9.94. The van der Waals surface area contributed by atoms with Crippen molar-refractivity contribution in [1.29, 1.82) is 0 Å². The van der Waals surface area contributed by atoms with Gasteiger partial charge in [0.05, 0.1) is 6.20 Å². The molecule has 4 rings (SSSR count). The van der Waals surface area contributed by atoms with Gasteiger partial charge in [0, 0.05) is 12.1 Å². The molecule has 0 unspecified atom stereocenters. The normalized spacial score (nSPS) is 16.3. The zero-order valence-electron chi connectivity index (χ0n) is 15.3. The van der Waals surface area contributed by atoms with Crippen molar-refractivity contribution in [3.05, 3.63) is 60.6 Å². The van der Waals surface area contributed by atoms with Gasteiger partial charge in [0.25, 0.3) is 0 Å². The molecule has 132 valence electrons. The monoisotopic (exact) mass is 342 g/mol. The van der Waals surface area contributed by atoms with Crippen LogP contribution in [0.15, 0.2) is 54.9 Å². The number of rotatable bonds is 1. The number of hydrogen-bond acceptors (Lipinski definition) is 1. The Morgan fingerprint density at radius 3 is 2.31 bits per heavy atom. The average molecular weight is 342 g/mol. The summed E-state index contributed by atoms with van der Waals surface area (Å²) in [6.07, 6.45) is 14.7. The molecule has 0 saturated heterocycles. The quantitative estimate of drug-likeness (QED) is 0.488. The summed E-state index contributed by atoms with van der Waals surface area (Å²) in [4.78, 5) is 4.53. The van der Waals surface area contributed by atoms with E-state index in [-0.39, 0.29) is 0 Å². The molecule has 0 atom stereocenters. The molecule has 0 bridgehead atoms. The highest BCUT2D eigenvalue weighted by Crippen LogP contribution is 2.22. The average Bonchev–Trinajstić information content (AvgIpc) is 3.15. The summed E-state index contributed by atoms with van der Waals surface area (Å²) in [5.41, 5.74) is 4.38. The smallest absolute Gasteiger partial charge is 0.137 e. The van der Waals surface area contributed by atoms with Crippen molar-refractivity contribution in [3.8, 4) is 23.0 Å². The fourth-order valence-electron chi connectivity index (χ4n) is 3.83. The van der Waals surface area contributed by atoms with Crippen LogP contribution in [0.3, 0.4) is 0 Å². The van der Waals surface area contributed by atoms with Crippen LogP contribution >= 0.6 is 0 Å². The van der Waals surface area contributed by atoms with Gasteiger partial charge in [0.1, 0.15) is 11.3 Å². The first kappa shape index (κ1) is 16.9. The van der Waals surface area contributed by atoms with Crippen LogP contribution in [-0.4, -0.2) is 9.38 Å². The topological polar surface area (TPSA) is 17.3 Å². The highest BCUT2D eigenvalue weighted by atomic mass is 15.0. The van der Waals surface area contributed by atoms with E-state index in [2.05, 4.69) is 63.8 Å². The molecule has 26 heavy (non-hydrogen) atoms. The van der Waals surface area contributed by atoms with E-state index in [9.17, 15) is 0 Å². The number of pyridine rings is 1. The molecule has 0 amide bonds. The summed E-state index contributed by atoms with van der Waals surface area (Å²) >= 11 is 0. The second-order valence-corrected chi connectivity index (χ2v) is 7.32.